The molecule has 4 nitrogen and oxygen atoms in total. The molecule has 5 heteroatoms. The number of hydrogen-bond donors (Lipinski definition) is 1. The molecule has 1 N–H and O–H groups in total. The highest BCUT2D eigenvalue weighted by atomic mass is 35.5. The van der Waals surface area contributed by atoms with Crippen molar-refractivity contribution in [3.05, 3.63) is 34.9 Å². The van der Waals surface area contributed by atoms with Crippen LogP contribution in [0.1, 0.15) is 47.2 Å². The molecule has 0 radical (unpaired) electrons. The Morgan fingerprint density at radius 2 is 2.00 bits per heavy atom. The molecule has 23 heavy (non-hydrogen) atoms. The van der Waals surface area contributed by atoms with Crippen molar-refractivity contribution in [2.75, 3.05) is 20.1 Å². The topological polar surface area (TPSA) is 49.4 Å². The summed E-state index contributed by atoms with van der Waals surface area (Å²) in [6, 6.07) is 6.27. The van der Waals surface area contributed by atoms with Crippen molar-refractivity contribution in [3.63, 3.8) is 0 Å². The van der Waals surface area contributed by atoms with Gasteiger partial charge in [-0.1, -0.05) is 17.7 Å². The second-order valence-corrected chi connectivity index (χ2v) is 6.21. The summed E-state index contributed by atoms with van der Waals surface area (Å²) in [7, 11) is 1.93. The first-order valence-corrected chi connectivity index (χ1v) is 8.06. The van der Waals surface area contributed by atoms with Gasteiger partial charge in [0.05, 0.1) is 0 Å². The van der Waals surface area contributed by atoms with E-state index in [1.54, 1.807) is 0 Å². The van der Waals surface area contributed by atoms with E-state index in [4.69, 9.17) is 0 Å². The number of rotatable bonds is 5. The Bertz CT molecular complexity index is 560. The van der Waals surface area contributed by atoms with Gasteiger partial charge in [0.2, 0.25) is 5.91 Å². The molecule has 2 rings (SSSR count). The second-order valence-electron chi connectivity index (χ2n) is 6.21. The molecular formula is C18H27ClN2O2. The van der Waals surface area contributed by atoms with Crippen molar-refractivity contribution in [3.8, 4) is 0 Å². The van der Waals surface area contributed by atoms with E-state index in [2.05, 4.69) is 5.32 Å². The summed E-state index contributed by atoms with van der Waals surface area (Å²) in [5.41, 5.74) is 2.81. The Labute approximate surface area is 145 Å². The maximum atomic E-state index is 12.3. The quantitative estimate of drug-likeness (QED) is 0.840. The van der Waals surface area contributed by atoms with Crippen LogP contribution in [-0.4, -0.2) is 42.8 Å². The van der Waals surface area contributed by atoms with Gasteiger partial charge >= 0.3 is 0 Å². The van der Waals surface area contributed by atoms with Crippen LogP contribution in [0.4, 0.5) is 0 Å². The fourth-order valence-electron chi connectivity index (χ4n) is 2.99. The number of carbonyl (C=O) groups is 2. The van der Waals surface area contributed by atoms with Crippen LogP contribution in [0, 0.1) is 13.8 Å². The van der Waals surface area contributed by atoms with Gasteiger partial charge in [0.25, 0.3) is 0 Å². The van der Waals surface area contributed by atoms with Crippen molar-refractivity contribution in [1.82, 2.24) is 10.2 Å². The summed E-state index contributed by atoms with van der Waals surface area (Å²) in [6.07, 6.45) is 2.75. The molecule has 1 unspecified atom stereocenters. The first-order chi connectivity index (χ1) is 10.5. The van der Waals surface area contributed by atoms with Gasteiger partial charge in [-0.3, -0.25) is 9.59 Å². The minimum Gasteiger partial charge on any atom is -0.341 e. The molecule has 1 aromatic rings. The van der Waals surface area contributed by atoms with Crippen molar-refractivity contribution in [2.24, 2.45) is 0 Å². The number of likely N-dealkylation sites (tertiary alicyclic amines) is 1. The van der Waals surface area contributed by atoms with Crippen LogP contribution in [0.25, 0.3) is 0 Å². The fraction of sp³-hybridized carbons (Fsp3) is 0.556. The van der Waals surface area contributed by atoms with Crippen LogP contribution in [0.15, 0.2) is 18.2 Å². The highest BCUT2D eigenvalue weighted by Crippen LogP contribution is 2.16. The van der Waals surface area contributed by atoms with Gasteiger partial charge in [0, 0.05) is 37.5 Å². The van der Waals surface area contributed by atoms with Gasteiger partial charge in [-0.05, 0) is 45.4 Å². The third kappa shape index (κ3) is 5.33. The lowest BCUT2D eigenvalue weighted by molar-refractivity contribution is -0.132. The number of likely N-dealkylation sites (N-methyl/N-ethyl adjacent to an activating group) is 1. The predicted molar refractivity (Wildman–Crippen MR) is 95.4 cm³/mol. The third-order valence-electron chi connectivity index (χ3n) is 4.44. The van der Waals surface area contributed by atoms with E-state index in [1.807, 2.05) is 44.0 Å². The molecule has 0 aliphatic carbocycles. The number of ketones is 1. The zero-order chi connectivity index (χ0) is 16.1. The Hall–Kier alpha value is -1.39. The Kier molecular flexibility index (Phi) is 7.73. The number of Topliss-reactive ketones (excluding diaryl/α,β-unsaturated/α-hetero) is 1. The number of piperidine rings is 1. The first kappa shape index (κ1) is 19.7. The maximum Gasteiger partial charge on any atom is 0.223 e. The number of carbonyl (C=O) groups excluding carboxylic acids is 2. The zero-order valence-electron chi connectivity index (χ0n) is 14.2. The molecule has 1 heterocycles. The van der Waals surface area contributed by atoms with E-state index >= 15 is 0 Å². The molecule has 1 aliphatic rings. The molecule has 1 aliphatic heterocycles. The monoisotopic (exact) mass is 338 g/mol. The lowest BCUT2D eigenvalue weighted by atomic mass is 9.98. The van der Waals surface area contributed by atoms with Gasteiger partial charge in [0.15, 0.2) is 5.78 Å². The summed E-state index contributed by atoms with van der Waals surface area (Å²) in [5.74, 6) is 0.162. The average molecular weight is 339 g/mol. The van der Waals surface area contributed by atoms with Gasteiger partial charge in [-0.25, -0.2) is 0 Å². The van der Waals surface area contributed by atoms with Crippen LogP contribution in [0.3, 0.4) is 0 Å². The Balaban J connectivity index is 0.00000264. The Morgan fingerprint density at radius 3 is 2.70 bits per heavy atom. The van der Waals surface area contributed by atoms with Crippen LogP contribution >= 0.6 is 12.4 Å². The number of benzene rings is 1. The van der Waals surface area contributed by atoms with E-state index in [0.717, 1.165) is 42.6 Å². The van der Waals surface area contributed by atoms with Gasteiger partial charge in [-0.2, -0.15) is 0 Å². The number of amides is 1. The summed E-state index contributed by atoms with van der Waals surface area (Å²) in [6.45, 7) is 5.49. The standard InChI is InChI=1S/C18H26N2O2.ClH/c1-13-6-7-14(2)16(11-13)17(21)8-9-18(22)20-10-4-5-15(12-20)19-3;/h6-7,11,15,19H,4-5,8-10,12H2,1-3H3;1H. The number of nitrogens with one attached hydrogen (secondary N) is 1. The SMILES string of the molecule is CNC1CCCN(C(=O)CCC(=O)c2cc(C)ccc2C)C1.Cl. The summed E-state index contributed by atoms with van der Waals surface area (Å²) < 4.78 is 0. The van der Waals surface area contributed by atoms with Gasteiger partial charge in [0.1, 0.15) is 0 Å². The number of aryl methyl sites for hydroxylation is 2. The molecule has 1 saturated heterocycles. The molecule has 1 aromatic carbocycles. The van der Waals surface area contributed by atoms with Crippen molar-refractivity contribution >= 4 is 24.1 Å². The van der Waals surface area contributed by atoms with Gasteiger partial charge in [-0.15, -0.1) is 12.4 Å². The van der Waals surface area contributed by atoms with Crippen molar-refractivity contribution in [2.45, 2.75) is 45.6 Å². The molecule has 0 spiro atoms. The number of nitrogens with zero attached hydrogens (tertiary/aromatic N) is 1. The molecule has 0 saturated carbocycles. The highest BCUT2D eigenvalue weighted by Gasteiger charge is 2.23. The normalized spacial score (nSPS) is 17.5. The largest absolute Gasteiger partial charge is 0.341 e. The Morgan fingerprint density at radius 1 is 1.26 bits per heavy atom. The van der Waals surface area contributed by atoms with Crippen molar-refractivity contribution < 1.29 is 9.59 Å². The summed E-state index contributed by atoms with van der Waals surface area (Å²) in [4.78, 5) is 26.5. The highest BCUT2D eigenvalue weighted by molar-refractivity contribution is 5.99. The van der Waals surface area contributed by atoms with Crippen LogP contribution in [0.5, 0.6) is 0 Å². The van der Waals surface area contributed by atoms with Gasteiger partial charge < -0.3 is 10.2 Å². The lowest BCUT2D eigenvalue weighted by Crippen LogP contribution is -2.47. The molecule has 1 fully saturated rings. The van der Waals surface area contributed by atoms with E-state index < -0.39 is 0 Å². The van der Waals surface area contributed by atoms with E-state index in [9.17, 15) is 9.59 Å². The maximum absolute atomic E-state index is 12.3. The zero-order valence-corrected chi connectivity index (χ0v) is 15.0. The lowest BCUT2D eigenvalue weighted by Gasteiger charge is -2.32. The van der Waals surface area contributed by atoms with Crippen LogP contribution < -0.4 is 5.32 Å². The average Bonchev–Trinajstić information content (AvgIpc) is 2.54. The smallest absolute Gasteiger partial charge is 0.223 e. The minimum absolute atomic E-state index is 0. The third-order valence-corrected chi connectivity index (χ3v) is 4.44. The molecule has 1 amide bonds. The second kappa shape index (κ2) is 9.04. The molecular weight excluding hydrogens is 312 g/mol. The summed E-state index contributed by atoms with van der Waals surface area (Å²) >= 11 is 0. The molecule has 1 atom stereocenters. The number of hydrogen-bond acceptors (Lipinski definition) is 3. The van der Waals surface area contributed by atoms with Crippen molar-refractivity contribution in [1.29, 1.82) is 0 Å². The minimum atomic E-state index is 0. The molecule has 0 bridgehead atoms. The van der Waals surface area contributed by atoms with E-state index in [0.29, 0.717) is 18.9 Å². The number of halogens is 1. The van der Waals surface area contributed by atoms with E-state index in [-0.39, 0.29) is 24.1 Å². The fourth-order valence-corrected chi connectivity index (χ4v) is 2.99. The molecule has 128 valence electrons. The first-order valence-electron chi connectivity index (χ1n) is 8.06. The van der Waals surface area contributed by atoms with E-state index in [1.165, 1.54) is 0 Å². The van der Waals surface area contributed by atoms with Crippen LogP contribution in [-0.2, 0) is 4.79 Å². The van der Waals surface area contributed by atoms with Crippen LogP contribution in [0.2, 0.25) is 0 Å². The molecule has 0 aromatic heterocycles. The summed E-state index contributed by atoms with van der Waals surface area (Å²) in [5, 5.41) is 3.23. The predicted octanol–water partition coefficient (Wildman–Crippen LogP) is 2.90.